The molecule has 1 fully saturated rings. The number of rotatable bonds is 8. The van der Waals surface area contributed by atoms with Gasteiger partial charge in [-0.05, 0) is 84.8 Å². The second kappa shape index (κ2) is 10.8. The molecule has 3 aromatic rings. The van der Waals surface area contributed by atoms with E-state index in [9.17, 15) is 9.18 Å². The topological polar surface area (TPSA) is 65.4 Å². The van der Waals surface area contributed by atoms with Gasteiger partial charge in [-0.1, -0.05) is 24.3 Å². The van der Waals surface area contributed by atoms with Crippen molar-refractivity contribution in [3.05, 3.63) is 89.7 Å². The molecule has 1 N–H and O–H groups in total. The van der Waals surface area contributed by atoms with Crippen molar-refractivity contribution in [2.75, 3.05) is 19.7 Å². The third kappa shape index (κ3) is 6.18. The molecule has 0 aromatic heterocycles. The first-order valence-corrected chi connectivity index (χ1v) is 11.2. The number of nitrogens with zero attached hydrogens (tertiary/aromatic N) is 2. The maximum absolute atomic E-state index is 13.0. The molecule has 33 heavy (non-hydrogen) atoms. The van der Waals surface area contributed by atoms with Gasteiger partial charge in [0, 0.05) is 18.7 Å². The smallest absolute Gasteiger partial charge is 0.265 e. The summed E-state index contributed by atoms with van der Waals surface area (Å²) in [6.45, 7) is 2.27. The van der Waals surface area contributed by atoms with E-state index in [1.807, 2.05) is 53.5 Å². The van der Waals surface area contributed by atoms with Gasteiger partial charge in [-0.25, -0.2) is 9.40 Å². The molecule has 168 valence electrons. The van der Waals surface area contributed by atoms with Crippen LogP contribution in [0.2, 0.25) is 0 Å². The summed E-state index contributed by atoms with van der Waals surface area (Å²) in [7, 11) is 0. The molecule has 1 aliphatic rings. The number of nitrogens with one attached hydrogen (secondary N) is 1. The van der Waals surface area contributed by atoms with E-state index >= 15 is 0 Å². The third-order valence-corrected chi connectivity index (χ3v) is 5.88. The minimum atomic E-state index is -0.350. The normalized spacial score (nSPS) is 15.7. The first kappa shape index (κ1) is 22.5. The standard InChI is InChI=1S/C27H26FN3O2/c28-25-11-7-24(8-12-25)27(32)30-31-16-15-21(19-31)2-1-17-33-26-13-9-23(10-14-26)22-5-3-20(18-29)4-6-22/h3-14,21H,1-2,15-17,19H2,(H,30,32)/t21-/m1/s1. The molecule has 1 saturated heterocycles. The van der Waals surface area contributed by atoms with Gasteiger partial charge in [-0.2, -0.15) is 5.26 Å². The molecule has 1 heterocycles. The Morgan fingerprint density at radius 1 is 1.03 bits per heavy atom. The Balaban J connectivity index is 1.16. The van der Waals surface area contributed by atoms with Gasteiger partial charge in [0.25, 0.3) is 5.91 Å². The SMILES string of the molecule is N#Cc1ccc(-c2ccc(OCCC[C@@H]3CCN(NC(=O)c4ccc(F)cc4)C3)cc2)cc1. The van der Waals surface area contributed by atoms with Crippen LogP contribution in [0.15, 0.2) is 72.8 Å². The van der Waals surface area contributed by atoms with E-state index in [1.54, 1.807) is 0 Å². The van der Waals surface area contributed by atoms with Crippen LogP contribution in [0.25, 0.3) is 11.1 Å². The molecular formula is C27H26FN3O2. The summed E-state index contributed by atoms with van der Waals surface area (Å²) in [5.41, 5.74) is 6.17. The largest absolute Gasteiger partial charge is 0.494 e. The van der Waals surface area contributed by atoms with Crippen LogP contribution >= 0.6 is 0 Å². The van der Waals surface area contributed by atoms with Gasteiger partial charge in [-0.3, -0.25) is 10.2 Å². The Bertz CT molecular complexity index is 1110. The van der Waals surface area contributed by atoms with Crippen LogP contribution in [0.4, 0.5) is 4.39 Å². The van der Waals surface area contributed by atoms with E-state index in [4.69, 9.17) is 10.00 Å². The van der Waals surface area contributed by atoms with Gasteiger partial charge in [0.1, 0.15) is 11.6 Å². The van der Waals surface area contributed by atoms with E-state index in [0.29, 0.717) is 23.7 Å². The van der Waals surface area contributed by atoms with Gasteiger partial charge in [0.2, 0.25) is 0 Å². The molecule has 5 nitrogen and oxygen atoms in total. The Labute approximate surface area is 193 Å². The second-order valence-electron chi connectivity index (χ2n) is 8.25. The number of ether oxygens (including phenoxy) is 1. The lowest BCUT2D eigenvalue weighted by molar-refractivity contribution is 0.0819. The lowest BCUT2D eigenvalue weighted by atomic mass is 10.0. The number of benzene rings is 3. The number of carbonyl (C=O) groups is 1. The fourth-order valence-corrected chi connectivity index (χ4v) is 4.02. The highest BCUT2D eigenvalue weighted by Gasteiger charge is 2.23. The molecule has 1 amide bonds. The second-order valence-corrected chi connectivity index (χ2v) is 8.25. The van der Waals surface area contributed by atoms with Gasteiger partial charge in [0.15, 0.2) is 0 Å². The van der Waals surface area contributed by atoms with Crippen LogP contribution in [0, 0.1) is 23.1 Å². The van der Waals surface area contributed by atoms with Crippen molar-refractivity contribution in [1.82, 2.24) is 10.4 Å². The maximum Gasteiger partial charge on any atom is 0.265 e. The number of hydrogen-bond acceptors (Lipinski definition) is 4. The summed E-state index contributed by atoms with van der Waals surface area (Å²) in [4.78, 5) is 12.3. The van der Waals surface area contributed by atoms with Crippen molar-refractivity contribution >= 4 is 5.91 Å². The van der Waals surface area contributed by atoms with E-state index in [1.165, 1.54) is 24.3 Å². The van der Waals surface area contributed by atoms with Crippen LogP contribution in [-0.4, -0.2) is 30.6 Å². The minimum absolute atomic E-state index is 0.205. The number of halogens is 1. The summed E-state index contributed by atoms with van der Waals surface area (Å²) in [5.74, 6) is 0.800. The molecular weight excluding hydrogens is 417 g/mol. The van der Waals surface area contributed by atoms with E-state index in [-0.39, 0.29) is 11.7 Å². The Kier molecular flexibility index (Phi) is 7.33. The van der Waals surface area contributed by atoms with Crippen LogP contribution < -0.4 is 10.2 Å². The van der Waals surface area contributed by atoms with Crippen LogP contribution in [-0.2, 0) is 0 Å². The maximum atomic E-state index is 13.0. The van der Waals surface area contributed by atoms with Crippen molar-refractivity contribution in [2.24, 2.45) is 5.92 Å². The van der Waals surface area contributed by atoms with E-state index < -0.39 is 0 Å². The highest BCUT2D eigenvalue weighted by molar-refractivity contribution is 5.93. The number of hydrazine groups is 1. The van der Waals surface area contributed by atoms with Crippen molar-refractivity contribution in [1.29, 1.82) is 5.26 Å². The average Bonchev–Trinajstić information content (AvgIpc) is 3.30. The first-order valence-electron chi connectivity index (χ1n) is 11.2. The molecule has 3 aromatic carbocycles. The van der Waals surface area contributed by atoms with Gasteiger partial charge < -0.3 is 4.74 Å². The van der Waals surface area contributed by atoms with Crippen molar-refractivity contribution < 1.29 is 13.9 Å². The Hall–Kier alpha value is -3.69. The van der Waals surface area contributed by atoms with Crippen molar-refractivity contribution in [2.45, 2.75) is 19.3 Å². The highest BCUT2D eigenvalue weighted by Crippen LogP contribution is 2.24. The lowest BCUT2D eigenvalue weighted by Gasteiger charge is -2.17. The monoisotopic (exact) mass is 443 g/mol. The molecule has 1 atom stereocenters. The van der Waals surface area contributed by atoms with Gasteiger partial charge >= 0.3 is 0 Å². The zero-order valence-electron chi connectivity index (χ0n) is 18.3. The predicted molar refractivity (Wildman–Crippen MR) is 125 cm³/mol. The number of carbonyl (C=O) groups excluding carboxylic acids is 1. The third-order valence-electron chi connectivity index (χ3n) is 5.88. The number of amides is 1. The predicted octanol–water partition coefficient (Wildman–Crippen LogP) is 5.19. The van der Waals surface area contributed by atoms with Crippen molar-refractivity contribution in [3.8, 4) is 22.9 Å². The molecule has 4 rings (SSSR count). The Morgan fingerprint density at radius 3 is 2.36 bits per heavy atom. The number of nitriles is 1. The van der Waals surface area contributed by atoms with Gasteiger partial charge in [-0.15, -0.1) is 0 Å². The Morgan fingerprint density at radius 2 is 1.70 bits per heavy atom. The fourth-order valence-electron chi connectivity index (χ4n) is 4.02. The zero-order valence-corrected chi connectivity index (χ0v) is 18.3. The summed E-state index contributed by atoms with van der Waals surface area (Å²) >= 11 is 0. The molecule has 0 radical (unpaired) electrons. The highest BCUT2D eigenvalue weighted by atomic mass is 19.1. The molecule has 0 bridgehead atoms. The van der Waals surface area contributed by atoms with E-state index in [2.05, 4.69) is 11.5 Å². The summed E-state index contributed by atoms with van der Waals surface area (Å²) in [5, 5.41) is 10.9. The molecule has 0 aliphatic carbocycles. The fraction of sp³-hybridized carbons (Fsp3) is 0.259. The molecule has 0 saturated carbocycles. The first-order chi connectivity index (χ1) is 16.1. The zero-order chi connectivity index (χ0) is 23.0. The summed E-state index contributed by atoms with van der Waals surface area (Å²) in [6, 6.07) is 23.2. The average molecular weight is 444 g/mol. The summed E-state index contributed by atoms with van der Waals surface area (Å²) in [6.07, 6.45) is 3.01. The van der Waals surface area contributed by atoms with Crippen LogP contribution in [0.1, 0.15) is 35.2 Å². The molecule has 0 unspecified atom stereocenters. The molecule has 0 spiro atoms. The quantitative estimate of drug-likeness (QED) is 0.487. The van der Waals surface area contributed by atoms with Gasteiger partial charge in [0.05, 0.1) is 18.2 Å². The lowest BCUT2D eigenvalue weighted by Crippen LogP contribution is -2.40. The summed E-state index contributed by atoms with van der Waals surface area (Å²) < 4.78 is 18.9. The number of hydrogen-bond donors (Lipinski definition) is 1. The van der Waals surface area contributed by atoms with Crippen molar-refractivity contribution in [3.63, 3.8) is 0 Å². The van der Waals surface area contributed by atoms with Crippen LogP contribution in [0.3, 0.4) is 0 Å². The van der Waals surface area contributed by atoms with Crippen LogP contribution in [0.5, 0.6) is 5.75 Å². The van der Waals surface area contributed by atoms with E-state index in [0.717, 1.165) is 49.2 Å². The minimum Gasteiger partial charge on any atom is -0.494 e. The molecule has 1 aliphatic heterocycles. The molecule has 6 heteroatoms.